The number of imide groups is 1. The average Bonchev–Trinajstić information content (AvgIpc) is 2.86. The number of carbonyl (C=O) groups excluding carboxylic acids is 2. The second kappa shape index (κ2) is 7.02. The molecule has 0 spiro atoms. The van der Waals surface area contributed by atoms with E-state index in [9.17, 15) is 9.59 Å². The Morgan fingerprint density at radius 3 is 2.38 bits per heavy atom. The summed E-state index contributed by atoms with van der Waals surface area (Å²) in [5, 5.41) is 8.86. The van der Waals surface area contributed by atoms with Gasteiger partial charge in [0.1, 0.15) is 6.54 Å². The van der Waals surface area contributed by atoms with E-state index in [1.165, 1.54) is 4.90 Å². The predicted octanol–water partition coefficient (Wildman–Crippen LogP) is 0.634. The number of benzene rings is 1. The van der Waals surface area contributed by atoms with E-state index in [-0.39, 0.29) is 18.5 Å². The molecular weight excluding hydrogens is 304 g/mol. The van der Waals surface area contributed by atoms with Gasteiger partial charge in [0.2, 0.25) is 0 Å². The van der Waals surface area contributed by atoms with Crippen LogP contribution in [0.5, 0.6) is 0 Å². The number of pyridine rings is 1. The van der Waals surface area contributed by atoms with E-state index >= 15 is 0 Å². The van der Waals surface area contributed by atoms with Crippen LogP contribution in [0.25, 0.3) is 0 Å². The van der Waals surface area contributed by atoms with Gasteiger partial charge in [0.25, 0.3) is 11.8 Å². The fourth-order valence-corrected chi connectivity index (χ4v) is 2.85. The maximum absolute atomic E-state index is 12.5. The Hall–Kier alpha value is -3.04. The van der Waals surface area contributed by atoms with Crippen molar-refractivity contribution in [2.45, 2.75) is 13.0 Å². The highest BCUT2D eigenvalue weighted by molar-refractivity contribution is 6.21. The summed E-state index contributed by atoms with van der Waals surface area (Å²) in [6.07, 6.45) is 3.82. The van der Waals surface area contributed by atoms with Crippen molar-refractivity contribution in [3.63, 3.8) is 0 Å². The van der Waals surface area contributed by atoms with Crippen LogP contribution in [-0.4, -0.2) is 34.9 Å². The van der Waals surface area contributed by atoms with E-state index in [1.807, 2.05) is 12.1 Å². The second-order valence-electron chi connectivity index (χ2n) is 5.69. The third kappa shape index (κ3) is 3.16. The van der Waals surface area contributed by atoms with Gasteiger partial charge in [0.15, 0.2) is 6.67 Å². The summed E-state index contributed by atoms with van der Waals surface area (Å²) >= 11 is 0. The molecule has 2 aromatic rings. The molecule has 3 rings (SSSR count). The Bertz CT molecular complexity index is 763. The number of carbonyl (C=O) groups is 2. The van der Waals surface area contributed by atoms with E-state index in [4.69, 9.17) is 5.26 Å². The van der Waals surface area contributed by atoms with Gasteiger partial charge in [-0.05, 0) is 18.2 Å². The number of quaternary nitrogens is 1. The molecule has 1 unspecified atom stereocenters. The molecule has 1 aliphatic heterocycles. The van der Waals surface area contributed by atoms with Crippen molar-refractivity contribution in [2.24, 2.45) is 0 Å². The van der Waals surface area contributed by atoms with Crippen molar-refractivity contribution in [3.05, 3.63) is 65.5 Å². The first-order chi connectivity index (χ1) is 11.7. The lowest BCUT2D eigenvalue weighted by Crippen LogP contribution is -3.12. The van der Waals surface area contributed by atoms with Crippen LogP contribution >= 0.6 is 0 Å². The lowest BCUT2D eigenvalue weighted by Gasteiger charge is -2.23. The van der Waals surface area contributed by atoms with Gasteiger partial charge in [0, 0.05) is 18.0 Å². The smallest absolute Gasteiger partial charge is 0.265 e. The number of fused-ring (bicyclic) bond motifs is 1. The zero-order valence-corrected chi connectivity index (χ0v) is 13.1. The Balaban J connectivity index is 1.77. The van der Waals surface area contributed by atoms with Gasteiger partial charge in [-0.3, -0.25) is 14.6 Å². The number of nitrogens with one attached hydrogen (secondary N) is 1. The van der Waals surface area contributed by atoms with E-state index < -0.39 is 0 Å². The largest absolute Gasteiger partial charge is 0.313 e. The minimum Gasteiger partial charge on any atom is -0.313 e. The Morgan fingerprint density at radius 1 is 1.08 bits per heavy atom. The maximum Gasteiger partial charge on any atom is 0.265 e. The molecule has 1 atom stereocenters. The van der Waals surface area contributed by atoms with Crippen LogP contribution in [0.2, 0.25) is 0 Å². The van der Waals surface area contributed by atoms with Gasteiger partial charge in [-0.2, -0.15) is 5.26 Å². The number of rotatable bonds is 6. The SMILES string of the molecule is N#CCC[NH+](Cc1cccnc1)CN1C(=O)c2ccccc2C1=O. The molecule has 6 heteroatoms. The lowest BCUT2D eigenvalue weighted by molar-refractivity contribution is -0.920. The molecule has 2 amide bonds. The first-order valence-corrected chi connectivity index (χ1v) is 7.75. The van der Waals surface area contributed by atoms with Crippen LogP contribution in [0, 0.1) is 11.3 Å². The quantitative estimate of drug-likeness (QED) is 0.792. The van der Waals surface area contributed by atoms with Gasteiger partial charge >= 0.3 is 0 Å². The van der Waals surface area contributed by atoms with Crippen LogP contribution in [0.3, 0.4) is 0 Å². The van der Waals surface area contributed by atoms with Crippen LogP contribution in [0.1, 0.15) is 32.7 Å². The number of aromatic nitrogens is 1. The molecule has 24 heavy (non-hydrogen) atoms. The monoisotopic (exact) mass is 321 g/mol. The first-order valence-electron chi connectivity index (χ1n) is 7.75. The summed E-state index contributed by atoms with van der Waals surface area (Å²) in [5.74, 6) is -0.535. The summed E-state index contributed by atoms with van der Waals surface area (Å²) in [5.41, 5.74) is 1.90. The number of hydrogen-bond acceptors (Lipinski definition) is 4. The molecule has 0 fully saturated rings. The number of hydrogen-bond donors (Lipinski definition) is 1. The summed E-state index contributed by atoms with van der Waals surface area (Å²) in [6, 6.07) is 12.8. The molecule has 1 aromatic heterocycles. The van der Waals surface area contributed by atoms with E-state index in [0.717, 1.165) is 10.5 Å². The minimum absolute atomic E-state index is 0.239. The van der Waals surface area contributed by atoms with Gasteiger partial charge in [-0.15, -0.1) is 0 Å². The molecule has 1 aromatic carbocycles. The third-order valence-corrected chi connectivity index (χ3v) is 4.03. The van der Waals surface area contributed by atoms with Crippen LogP contribution in [-0.2, 0) is 6.54 Å². The van der Waals surface area contributed by atoms with Crippen molar-refractivity contribution in [1.29, 1.82) is 5.26 Å². The zero-order valence-electron chi connectivity index (χ0n) is 13.1. The molecule has 2 heterocycles. The maximum atomic E-state index is 12.5. The highest BCUT2D eigenvalue weighted by atomic mass is 16.2. The van der Waals surface area contributed by atoms with Crippen molar-refractivity contribution < 1.29 is 14.5 Å². The Kier molecular flexibility index (Phi) is 4.64. The summed E-state index contributed by atoms with van der Waals surface area (Å²) in [6.45, 7) is 1.39. The van der Waals surface area contributed by atoms with Gasteiger partial charge in [-0.1, -0.05) is 18.2 Å². The highest BCUT2D eigenvalue weighted by Gasteiger charge is 2.37. The van der Waals surface area contributed by atoms with Gasteiger partial charge in [0.05, 0.1) is 30.2 Å². The normalized spacial score (nSPS) is 14.4. The summed E-state index contributed by atoms with van der Waals surface area (Å²) in [7, 11) is 0. The standard InChI is InChI=1S/C18H16N4O2/c19-8-4-10-21(12-14-5-3-9-20-11-14)13-22-17(23)15-6-1-2-7-16(15)18(22)24/h1-3,5-7,9,11H,4,10,12-13H2/p+1. The number of amides is 2. The Labute approximate surface area is 139 Å². The van der Waals surface area contributed by atoms with Crippen LogP contribution in [0.15, 0.2) is 48.8 Å². The fourth-order valence-electron chi connectivity index (χ4n) is 2.85. The lowest BCUT2D eigenvalue weighted by atomic mass is 10.1. The molecule has 120 valence electrons. The van der Waals surface area contributed by atoms with Crippen molar-refractivity contribution in [3.8, 4) is 6.07 Å². The highest BCUT2D eigenvalue weighted by Crippen LogP contribution is 2.21. The first kappa shape index (κ1) is 15.8. The number of nitrogens with zero attached hydrogens (tertiary/aromatic N) is 3. The molecule has 1 N–H and O–H groups in total. The van der Waals surface area contributed by atoms with E-state index in [1.54, 1.807) is 36.7 Å². The molecule has 0 saturated carbocycles. The minimum atomic E-state index is -0.267. The van der Waals surface area contributed by atoms with Crippen molar-refractivity contribution >= 4 is 11.8 Å². The topological polar surface area (TPSA) is 78.5 Å². The van der Waals surface area contributed by atoms with Gasteiger partial charge in [-0.25, -0.2) is 4.90 Å². The predicted molar refractivity (Wildman–Crippen MR) is 85.8 cm³/mol. The molecule has 0 bridgehead atoms. The van der Waals surface area contributed by atoms with Gasteiger partial charge < -0.3 is 4.90 Å². The molecule has 0 aliphatic carbocycles. The second-order valence-corrected chi connectivity index (χ2v) is 5.69. The molecule has 1 aliphatic rings. The Morgan fingerprint density at radius 2 is 1.79 bits per heavy atom. The molecular formula is C18H17N4O2+. The van der Waals surface area contributed by atoms with Crippen LogP contribution < -0.4 is 4.90 Å². The molecule has 0 radical (unpaired) electrons. The van der Waals surface area contributed by atoms with E-state index in [0.29, 0.717) is 30.6 Å². The fraction of sp³-hybridized carbons (Fsp3) is 0.222. The van der Waals surface area contributed by atoms with E-state index in [2.05, 4.69) is 11.1 Å². The van der Waals surface area contributed by atoms with Crippen LogP contribution in [0.4, 0.5) is 0 Å². The number of nitriles is 1. The molecule has 6 nitrogen and oxygen atoms in total. The third-order valence-electron chi connectivity index (χ3n) is 4.03. The summed E-state index contributed by atoms with van der Waals surface area (Å²) in [4.78, 5) is 31.3. The van der Waals surface area contributed by atoms with Crippen molar-refractivity contribution in [1.82, 2.24) is 9.88 Å². The zero-order chi connectivity index (χ0) is 16.9. The summed E-state index contributed by atoms with van der Waals surface area (Å²) < 4.78 is 0. The average molecular weight is 321 g/mol. The molecule has 0 saturated heterocycles. The van der Waals surface area contributed by atoms with Crippen molar-refractivity contribution in [2.75, 3.05) is 13.2 Å².